The van der Waals surface area contributed by atoms with Gasteiger partial charge in [0.15, 0.2) is 0 Å². The minimum atomic E-state index is -0.533. The van der Waals surface area contributed by atoms with Gasteiger partial charge in [0.1, 0.15) is 23.9 Å². The summed E-state index contributed by atoms with van der Waals surface area (Å²) >= 11 is 0. The third-order valence-corrected chi connectivity index (χ3v) is 5.38. The molecule has 0 spiro atoms. The van der Waals surface area contributed by atoms with Crippen LogP contribution in [-0.4, -0.2) is 35.0 Å². The molecule has 2 aliphatic heterocycles. The Morgan fingerprint density at radius 1 is 1.32 bits per heavy atom. The van der Waals surface area contributed by atoms with E-state index in [1.54, 1.807) is 0 Å². The van der Waals surface area contributed by atoms with Crippen LogP contribution in [0.3, 0.4) is 0 Å². The summed E-state index contributed by atoms with van der Waals surface area (Å²) in [5.74, 6) is -0.215. The SMILES string of the molecule is CC1=C2[C@H](O)[C@@H]3O[C@]3(C)[C@@H]2[C@H]2OC(=O)C(C)=C2CC1. The van der Waals surface area contributed by atoms with Crippen molar-refractivity contribution in [2.75, 3.05) is 0 Å². The number of hydrogen-bond donors (Lipinski definition) is 1. The van der Waals surface area contributed by atoms with Gasteiger partial charge >= 0.3 is 5.97 Å². The van der Waals surface area contributed by atoms with Gasteiger partial charge in [0.05, 0.1) is 5.92 Å². The fourth-order valence-corrected chi connectivity index (χ4v) is 4.19. The smallest absolute Gasteiger partial charge is 0.334 e. The van der Waals surface area contributed by atoms with Crippen molar-refractivity contribution in [2.45, 2.75) is 57.5 Å². The maximum Gasteiger partial charge on any atom is 0.334 e. The molecule has 4 rings (SSSR count). The van der Waals surface area contributed by atoms with Crippen LogP contribution in [0.5, 0.6) is 0 Å². The fourth-order valence-electron chi connectivity index (χ4n) is 4.19. The molecule has 2 aliphatic carbocycles. The van der Waals surface area contributed by atoms with E-state index in [2.05, 4.69) is 6.92 Å². The third kappa shape index (κ3) is 1.24. The second-order valence-corrected chi connectivity index (χ2v) is 6.36. The highest BCUT2D eigenvalue weighted by atomic mass is 16.6. The first-order valence-corrected chi connectivity index (χ1v) is 6.91. The van der Waals surface area contributed by atoms with Crippen molar-refractivity contribution in [3.63, 3.8) is 0 Å². The second kappa shape index (κ2) is 3.30. The topological polar surface area (TPSA) is 59.1 Å². The Balaban J connectivity index is 1.87. The molecule has 1 saturated heterocycles. The minimum Gasteiger partial charge on any atom is -0.454 e. The Morgan fingerprint density at radius 2 is 2.05 bits per heavy atom. The molecule has 5 atom stereocenters. The molecular formula is C15H18O4. The number of fused-ring (bicyclic) bond motifs is 5. The molecule has 19 heavy (non-hydrogen) atoms. The van der Waals surface area contributed by atoms with Gasteiger partial charge in [-0.3, -0.25) is 0 Å². The monoisotopic (exact) mass is 262 g/mol. The van der Waals surface area contributed by atoms with Crippen molar-refractivity contribution >= 4 is 5.97 Å². The van der Waals surface area contributed by atoms with Crippen LogP contribution in [0.4, 0.5) is 0 Å². The summed E-state index contributed by atoms with van der Waals surface area (Å²) in [6, 6.07) is 0. The van der Waals surface area contributed by atoms with Crippen molar-refractivity contribution in [3.8, 4) is 0 Å². The van der Waals surface area contributed by atoms with E-state index in [0.717, 1.165) is 29.6 Å². The van der Waals surface area contributed by atoms with Crippen LogP contribution in [0.1, 0.15) is 33.6 Å². The molecule has 102 valence electrons. The first kappa shape index (κ1) is 11.7. The quantitative estimate of drug-likeness (QED) is 0.408. The average molecular weight is 262 g/mol. The van der Waals surface area contributed by atoms with Gasteiger partial charge < -0.3 is 14.6 Å². The molecule has 1 saturated carbocycles. The van der Waals surface area contributed by atoms with Crippen molar-refractivity contribution in [1.29, 1.82) is 0 Å². The zero-order valence-corrected chi connectivity index (χ0v) is 11.4. The number of allylic oxidation sites excluding steroid dienone is 1. The Bertz CT molecular complexity index is 558. The predicted molar refractivity (Wildman–Crippen MR) is 67.3 cm³/mol. The molecule has 0 aromatic heterocycles. The highest BCUT2D eigenvalue weighted by molar-refractivity contribution is 5.92. The van der Waals surface area contributed by atoms with Gasteiger partial charge in [0, 0.05) is 5.57 Å². The van der Waals surface area contributed by atoms with Crippen LogP contribution < -0.4 is 0 Å². The lowest BCUT2D eigenvalue weighted by atomic mass is 9.84. The molecule has 4 heteroatoms. The van der Waals surface area contributed by atoms with Crippen LogP contribution in [0.15, 0.2) is 22.3 Å². The first-order valence-electron chi connectivity index (χ1n) is 6.91. The van der Waals surface area contributed by atoms with Gasteiger partial charge in [-0.1, -0.05) is 5.57 Å². The zero-order valence-electron chi connectivity index (χ0n) is 11.4. The number of epoxide rings is 1. The second-order valence-electron chi connectivity index (χ2n) is 6.36. The number of esters is 1. The van der Waals surface area contributed by atoms with E-state index in [-0.39, 0.29) is 29.7 Å². The Labute approximate surface area is 112 Å². The summed E-state index contributed by atoms with van der Waals surface area (Å²) in [5.41, 5.74) is 3.79. The standard InChI is InChI=1S/C15H18O4/c1-6-4-5-8-7(2)14(17)18-12(8)10-9(6)11(16)13-15(10,3)19-13/h10-13,16H,4-5H2,1-3H3/t10-,11-,12-,13-,15+/m0/s1. The van der Waals surface area contributed by atoms with E-state index in [1.807, 2.05) is 13.8 Å². The van der Waals surface area contributed by atoms with Gasteiger partial charge in [0.2, 0.25) is 0 Å². The summed E-state index contributed by atoms with van der Waals surface area (Å²) in [7, 11) is 0. The lowest BCUT2D eigenvalue weighted by Gasteiger charge is -2.27. The first-order chi connectivity index (χ1) is 8.95. The number of carbonyl (C=O) groups excluding carboxylic acids is 1. The van der Waals surface area contributed by atoms with E-state index in [9.17, 15) is 9.90 Å². The predicted octanol–water partition coefficient (Wildman–Crippen LogP) is 1.49. The number of aliphatic hydroxyl groups is 1. The van der Waals surface area contributed by atoms with Crippen LogP contribution in [0.2, 0.25) is 0 Å². The summed E-state index contributed by atoms with van der Waals surface area (Å²) in [4.78, 5) is 11.8. The number of ether oxygens (including phenoxy) is 2. The highest BCUT2D eigenvalue weighted by Gasteiger charge is 2.72. The van der Waals surface area contributed by atoms with E-state index in [4.69, 9.17) is 9.47 Å². The summed E-state index contributed by atoms with van der Waals surface area (Å²) in [6.45, 7) is 5.95. The molecule has 0 bridgehead atoms. The Morgan fingerprint density at radius 3 is 2.79 bits per heavy atom. The largest absolute Gasteiger partial charge is 0.454 e. The van der Waals surface area contributed by atoms with Gasteiger partial charge in [-0.2, -0.15) is 0 Å². The summed E-state index contributed by atoms with van der Waals surface area (Å²) in [6.07, 6.45) is 0.856. The molecule has 0 radical (unpaired) electrons. The van der Waals surface area contributed by atoms with Gasteiger partial charge in [0.25, 0.3) is 0 Å². The molecule has 0 aromatic rings. The fraction of sp³-hybridized carbons (Fsp3) is 0.667. The van der Waals surface area contributed by atoms with E-state index >= 15 is 0 Å². The molecule has 4 nitrogen and oxygen atoms in total. The minimum absolute atomic E-state index is 0.00796. The molecular weight excluding hydrogens is 244 g/mol. The maximum absolute atomic E-state index is 11.8. The number of hydrogen-bond acceptors (Lipinski definition) is 4. The molecule has 0 amide bonds. The van der Waals surface area contributed by atoms with E-state index in [0.29, 0.717) is 0 Å². The lowest BCUT2D eigenvalue weighted by molar-refractivity contribution is -0.142. The molecule has 0 aromatic carbocycles. The van der Waals surface area contributed by atoms with Crippen molar-refractivity contribution in [1.82, 2.24) is 0 Å². The lowest BCUT2D eigenvalue weighted by Crippen LogP contribution is -2.33. The highest BCUT2D eigenvalue weighted by Crippen LogP contribution is 2.61. The number of rotatable bonds is 0. The molecule has 0 unspecified atom stereocenters. The van der Waals surface area contributed by atoms with E-state index in [1.165, 1.54) is 5.57 Å². The molecule has 4 aliphatic rings. The van der Waals surface area contributed by atoms with Crippen molar-refractivity contribution in [2.24, 2.45) is 5.92 Å². The molecule has 1 N–H and O–H groups in total. The summed E-state index contributed by atoms with van der Waals surface area (Å²) in [5, 5.41) is 10.4. The molecule has 2 fully saturated rings. The average Bonchev–Trinajstić information content (AvgIpc) is 2.94. The van der Waals surface area contributed by atoms with Gasteiger partial charge in [-0.05, 0) is 44.8 Å². The maximum atomic E-state index is 11.8. The van der Waals surface area contributed by atoms with Crippen molar-refractivity contribution < 1.29 is 19.4 Å². The van der Waals surface area contributed by atoms with Crippen LogP contribution >= 0.6 is 0 Å². The normalized spacial score (nSPS) is 47.7. The van der Waals surface area contributed by atoms with Crippen LogP contribution in [0.25, 0.3) is 0 Å². The van der Waals surface area contributed by atoms with Gasteiger partial charge in [-0.25, -0.2) is 4.79 Å². The Hall–Kier alpha value is -1.13. The number of carbonyl (C=O) groups is 1. The Kier molecular flexibility index (Phi) is 2.03. The van der Waals surface area contributed by atoms with E-state index < -0.39 is 6.10 Å². The van der Waals surface area contributed by atoms with Crippen LogP contribution in [-0.2, 0) is 14.3 Å². The third-order valence-electron chi connectivity index (χ3n) is 5.38. The zero-order chi connectivity index (χ0) is 13.5. The van der Waals surface area contributed by atoms with Gasteiger partial charge in [-0.15, -0.1) is 0 Å². The van der Waals surface area contributed by atoms with Crippen molar-refractivity contribution in [3.05, 3.63) is 22.3 Å². The summed E-state index contributed by atoms with van der Waals surface area (Å²) < 4.78 is 11.3. The molecule has 2 heterocycles. The van der Waals surface area contributed by atoms with Crippen LogP contribution in [0, 0.1) is 5.92 Å². The number of aliphatic hydroxyl groups excluding tert-OH is 1.